The van der Waals surface area contributed by atoms with Crippen molar-refractivity contribution in [1.29, 1.82) is 0 Å². The van der Waals surface area contributed by atoms with Crippen molar-refractivity contribution in [3.63, 3.8) is 0 Å². The van der Waals surface area contributed by atoms with Crippen LogP contribution in [0.1, 0.15) is 38.7 Å². The van der Waals surface area contributed by atoms with Gasteiger partial charge in [0.05, 0.1) is 0 Å². The minimum atomic E-state index is -0.404. The highest BCUT2D eigenvalue weighted by Gasteiger charge is 2.27. The number of rotatable bonds is 8. The highest BCUT2D eigenvalue weighted by molar-refractivity contribution is 6.01. The van der Waals surface area contributed by atoms with Gasteiger partial charge in [0.15, 0.2) is 11.6 Å². The van der Waals surface area contributed by atoms with Crippen LogP contribution in [-0.2, 0) is 6.42 Å². The second-order valence-corrected chi connectivity index (χ2v) is 8.93. The summed E-state index contributed by atoms with van der Waals surface area (Å²) >= 11 is 0. The summed E-state index contributed by atoms with van der Waals surface area (Å²) in [6.45, 7) is 8.40. The number of halogens is 1. The Morgan fingerprint density at radius 1 is 1.00 bits per heavy atom. The molecule has 37 heavy (non-hydrogen) atoms. The minimum Gasteiger partial charge on any atom is -0.281 e. The number of hydrogen-bond donors (Lipinski definition) is 1. The molecule has 0 saturated heterocycles. The molecule has 0 radical (unpaired) electrons. The van der Waals surface area contributed by atoms with Crippen molar-refractivity contribution in [2.75, 3.05) is 4.90 Å². The Morgan fingerprint density at radius 2 is 1.78 bits per heavy atom. The molecule has 0 amide bonds. The molecule has 0 unspecified atom stereocenters. The van der Waals surface area contributed by atoms with Crippen molar-refractivity contribution in [3.8, 4) is 22.5 Å². The lowest BCUT2D eigenvalue weighted by Crippen LogP contribution is -2.33. The lowest BCUT2D eigenvalue weighted by atomic mass is 9.94. The second-order valence-electron chi connectivity index (χ2n) is 8.93. The number of unbranched alkanes of at least 4 members (excludes halogenated alkanes) is 1. The third-order valence-electron chi connectivity index (χ3n) is 6.46. The van der Waals surface area contributed by atoms with Gasteiger partial charge in [0.25, 0.3) is 0 Å². The van der Waals surface area contributed by atoms with Gasteiger partial charge in [-0.3, -0.25) is 4.90 Å². The van der Waals surface area contributed by atoms with Crippen LogP contribution in [0.15, 0.2) is 95.4 Å². The van der Waals surface area contributed by atoms with Crippen molar-refractivity contribution in [2.45, 2.75) is 39.5 Å². The highest BCUT2D eigenvalue weighted by Crippen LogP contribution is 2.35. The molecule has 0 bridgehead atoms. The van der Waals surface area contributed by atoms with Gasteiger partial charge in [-0.25, -0.2) is 14.4 Å². The van der Waals surface area contributed by atoms with Gasteiger partial charge in [-0.15, -0.1) is 10.2 Å². The van der Waals surface area contributed by atoms with E-state index in [9.17, 15) is 4.39 Å². The molecule has 0 atom stereocenters. The molecule has 186 valence electrons. The SMILES string of the molecule is C=C1C(Cc2ccc(-c3ccccc3-c3nn[nH]n3)cc2)=C(CCCC)N=C(C)N1c1ncccc1F. The molecule has 0 saturated carbocycles. The molecular weight excluding hydrogens is 465 g/mol. The summed E-state index contributed by atoms with van der Waals surface area (Å²) < 4.78 is 14.7. The summed E-state index contributed by atoms with van der Waals surface area (Å²) in [4.78, 5) is 10.9. The second kappa shape index (κ2) is 10.7. The summed E-state index contributed by atoms with van der Waals surface area (Å²) in [5.41, 5.74) is 6.82. The number of pyridine rings is 1. The quantitative estimate of drug-likeness (QED) is 0.303. The first-order valence-electron chi connectivity index (χ1n) is 12.4. The maximum atomic E-state index is 14.7. The van der Waals surface area contributed by atoms with E-state index < -0.39 is 5.82 Å². The van der Waals surface area contributed by atoms with Gasteiger partial charge in [-0.2, -0.15) is 5.21 Å². The van der Waals surface area contributed by atoms with E-state index in [0.717, 1.165) is 52.8 Å². The summed E-state index contributed by atoms with van der Waals surface area (Å²) in [6.07, 6.45) is 5.14. The Balaban J connectivity index is 1.47. The van der Waals surface area contributed by atoms with Crippen LogP contribution in [0.4, 0.5) is 10.2 Å². The maximum Gasteiger partial charge on any atom is 0.205 e. The van der Waals surface area contributed by atoms with Crippen LogP contribution in [0.5, 0.6) is 0 Å². The van der Waals surface area contributed by atoms with E-state index in [-0.39, 0.29) is 5.82 Å². The normalized spacial score (nSPS) is 13.8. The molecule has 3 heterocycles. The molecule has 0 fully saturated rings. The topological polar surface area (TPSA) is 82.9 Å². The fourth-order valence-electron chi connectivity index (χ4n) is 4.60. The number of tetrazole rings is 1. The summed E-state index contributed by atoms with van der Waals surface area (Å²) in [7, 11) is 0. The van der Waals surface area contributed by atoms with Gasteiger partial charge in [0.1, 0.15) is 5.84 Å². The molecule has 0 aliphatic carbocycles. The monoisotopic (exact) mass is 493 g/mol. The van der Waals surface area contributed by atoms with Crippen molar-refractivity contribution >= 4 is 11.7 Å². The number of hydrogen-bond acceptors (Lipinski definition) is 6. The molecule has 1 aliphatic rings. The molecule has 8 heteroatoms. The summed E-state index contributed by atoms with van der Waals surface area (Å²) in [6, 6.07) is 19.4. The Labute approximate surface area is 215 Å². The fraction of sp³-hybridized carbons (Fsp3) is 0.207. The van der Waals surface area contributed by atoms with Crippen LogP contribution < -0.4 is 4.90 Å². The van der Waals surface area contributed by atoms with Crippen molar-refractivity contribution in [3.05, 3.63) is 102 Å². The van der Waals surface area contributed by atoms with E-state index in [1.165, 1.54) is 6.07 Å². The van der Waals surface area contributed by atoms with E-state index in [0.29, 0.717) is 23.8 Å². The molecule has 1 aliphatic heterocycles. The van der Waals surface area contributed by atoms with Gasteiger partial charge in [0, 0.05) is 35.1 Å². The third-order valence-corrected chi connectivity index (χ3v) is 6.46. The van der Waals surface area contributed by atoms with Gasteiger partial charge in [-0.05, 0) is 53.8 Å². The minimum absolute atomic E-state index is 0.217. The Morgan fingerprint density at radius 3 is 2.49 bits per heavy atom. The van der Waals surface area contributed by atoms with E-state index in [2.05, 4.69) is 63.4 Å². The largest absolute Gasteiger partial charge is 0.281 e. The number of aromatic amines is 1. The first-order valence-corrected chi connectivity index (χ1v) is 12.4. The molecular formula is C29H28FN7. The molecule has 2 aromatic carbocycles. The maximum absolute atomic E-state index is 14.7. The van der Waals surface area contributed by atoms with Crippen LogP contribution in [0.2, 0.25) is 0 Å². The van der Waals surface area contributed by atoms with E-state index in [4.69, 9.17) is 4.99 Å². The third kappa shape index (κ3) is 4.95. The zero-order valence-corrected chi connectivity index (χ0v) is 20.9. The molecule has 0 spiro atoms. The number of H-pyrrole nitrogens is 1. The zero-order chi connectivity index (χ0) is 25.8. The van der Waals surface area contributed by atoms with Crippen LogP contribution in [-0.4, -0.2) is 31.4 Å². The van der Waals surface area contributed by atoms with Crippen LogP contribution in [0.25, 0.3) is 22.5 Å². The summed E-state index contributed by atoms with van der Waals surface area (Å²) in [5, 5.41) is 14.5. The van der Waals surface area contributed by atoms with Gasteiger partial charge in [-0.1, -0.05) is 68.5 Å². The first-order chi connectivity index (χ1) is 18.1. The number of anilines is 1. The lowest BCUT2D eigenvalue weighted by Gasteiger charge is -2.32. The Bertz CT molecular complexity index is 1470. The first kappa shape index (κ1) is 24.2. The number of benzene rings is 2. The van der Waals surface area contributed by atoms with Crippen molar-refractivity contribution < 1.29 is 4.39 Å². The zero-order valence-electron chi connectivity index (χ0n) is 20.9. The average Bonchev–Trinajstić information content (AvgIpc) is 3.46. The molecule has 5 rings (SSSR count). The highest BCUT2D eigenvalue weighted by atomic mass is 19.1. The van der Waals surface area contributed by atoms with E-state index in [1.807, 2.05) is 31.2 Å². The number of nitrogens with one attached hydrogen (secondary N) is 1. The lowest BCUT2D eigenvalue weighted by molar-refractivity contribution is 0.621. The number of nitrogens with zero attached hydrogens (tertiary/aromatic N) is 6. The number of aliphatic imine (C=N–C) groups is 1. The predicted molar refractivity (Wildman–Crippen MR) is 144 cm³/mol. The molecule has 2 aromatic heterocycles. The Hall–Kier alpha value is -4.46. The Kier molecular flexibility index (Phi) is 6.98. The van der Waals surface area contributed by atoms with Gasteiger partial charge in [0.2, 0.25) is 5.82 Å². The number of amidine groups is 1. The molecule has 7 nitrogen and oxygen atoms in total. The fourth-order valence-corrected chi connectivity index (χ4v) is 4.60. The van der Waals surface area contributed by atoms with Crippen molar-refractivity contribution in [2.24, 2.45) is 4.99 Å². The van der Waals surface area contributed by atoms with Gasteiger partial charge >= 0.3 is 0 Å². The smallest absolute Gasteiger partial charge is 0.205 e. The van der Waals surface area contributed by atoms with Gasteiger partial charge < -0.3 is 0 Å². The standard InChI is InChI=1S/C29H28FN7/c1-4-5-12-27-25(19(2)37(20(3)32-27)29-26(30)11-8-17-31-29)18-21-13-15-22(16-14-21)23-9-6-7-10-24(23)28-33-35-36-34-28/h6-11,13-17H,2,4-5,12,18H2,1,3H3,(H,33,34,35,36). The average molecular weight is 494 g/mol. The van der Waals surface area contributed by atoms with Crippen LogP contribution in [0, 0.1) is 5.82 Å². The summed E-state index contributed by atoms with van der Waals surface area (Å²) in [5.74, 6) is 1.04. The number of allylic oxidation sites excluding steroid dienone is 2. The van der Waals surface area contributed by atoms with Crippen molar-refractivity contribution in [1.82, 2.24) is 25.6 Å². The van der Waals surface area contributed by atoms with E-state index >= 15 is 0 Å². The molecule has 4 aromatic rings. The molecule has 1 N–H and O–H groups in total. The van der Waals surface area contributed by atoms with Crippen LogP contribution in [0.3, 0.4) is 0 Å². The van der Waals surface area contributed by atoms with E-state index in [1.54, 1.807) is 17.2 Å². The van der Waals surface area contributed by atoms with Crippen LogP contribution >= 0.6 is 0 Å². The number of aromatic nitrogens is 5. The predicted octanol–water partition coefficient (Wildman–Crippen LogP) is 6.51.